The number of esters is 2. The number of hydrogen-bond donors (Lipinski definition) is 1. The minimum Gasteiger partial charge on any atom is -0.457 e. The number of ether oxygens (including phenoxy) is 3. The van der Waals surface area contributed by atoms with Crippen LogP contribution in [0.1, 0.15) is 39.7 Å². The van der Waals surface area contributed by atoms with E-state index in [0.29, 0.717) is 24.2 Å². The number of carbonyl (C=O) groups is 4. The van der Waals surface area contributed by atoms with Crippen molar-refractivity contribution in [3.63, 3.8) is 0 Å². The normalized spacial score (nSPS) is 20.1. The summed E-state index contributed by atoms with van der Waals surface area (Å²) >= 11 is 0. The van der Waals surface area contributed by atoms with Gasteiger partial charge in [-0.3, -0.25) is 14.4 Å². The summed E-state index contributed by atoms with van der Waals surface area (Å²) < 4.78 is 16.0. The molecular weight excluding hydrogens is 392 g/mol. The molecule has 2 aliphatic heterocycles. The largest absolute Gasteiger partial charge is 0.457 e. The SMILES string of the molecule is CC(=O)O[C@@H](C(=O)OC(C)(C)C)C1OCCN(c2cccc3c2CCC(=O)N3)C1=O. The molecule has 0 radical (unpaired) electrons. The Morgan fingerprint density at radius 3 is 2.63 bits per heavy atom. The Balaban J connectivity index is 1.90. The van der Waals surface area contributed by atoms with Gasteiger partial charge < -0.3 is 24.4 Å². The van der Waals surface area contributed by atoms with Gasteiger partial charge in [0.25, 0.3) is 5.91 Å². The summed E-state index contributed by atoms with van der Waals surface area (Å²) in [6.07, 6.45) is -2.03. The van der Waals surface area contributed by atoms with Crippen molar-refractivity contribution in [2.24, 2.45) is 0 Å². The lowest BCUT2D eigenvalue weighted by molar-refractivity contribution is -0.188. The van der Waals surface area contributed by atoms with Crippen molar-refractivity contribution >= 4 is 35.1 Å². The third-order valence-corrected chi connectivity index (χ3v) is 4.65. The number of hydrogen-bond acceptors (Lipinski definition) is 7. The number of anilines is 2. The summed E-state index contributed by atoms with van der Waals surface area (Å²) in [5.41, 5.74) is 1.30. The van der Waals surface area contributed by atoms with Crippen LogP contribution in [0, 0.1) is 0 Å². The first kappa shape index (κ1) is 21.8. The Morgan fingerprint density at radius 1 is 1.23 bits per heavy atom. The molecule has 0 spiro atoms. The lowest BCUT2D eigenvalue weighted by Crippen LogP contribution is -2.56. The molecule has 2 heterocycles. The van der Waals surface area contributed by atoms with Gasteiger partial charge in [0.15, 0.2) is 6.10 Å². The van der Waals surface area contributed by atoms with E-state index in [0.717, 1.165) is 12.5 Å². The van der Waals surface area contributed by atoms with Gasteiger partial charge in [-0.1, -0.05) is 6.07 Å². The molecule has 0 aliphatic carbocycles. The molecule has 3 rings (SSSR count). The van der Waals surface area contributed by atoms with Crippen LogP contribution >= 0.6 is 0 Å². The molecule has 162 valence electrons. The van der Waals surface area contributed by atoms with Crippen LogP contribution < -0.4 is 10.2 Å². The van der Waals surface area contributed by atoms with E-state index >= 15 is 0 Å². The Hall–Kier alpha value is -2.94. The van der Waals surface area contributed by atoms with Crippen molar-refractivity contribution in [3.8, 4) is 0 Å². The summed E-state index contributed by atoms with van der Waals surface area (Å²) in [5, 5.41) is 2.81. The molecule has 30 heavy (non-hydrogen) atoms. The Bertz CT molecular complexity index is 875. The van der Waals surface area contributed by atoms with E-state index in [2.05, 4.69) is 5.32 Å². The third-order valence-electron chi connectivity index (χ3n) is 4.65. The van der Waals surface area contributed by atoms with Crippen LogP contribution in [-0.2, 0) is 39.8 Å². The van der Waals surface area contributed by atoms with E-state index in [9.17, 15) is 19.2 Å². The molecule has 1 N–H and O–H groups in total. The molecule has 1 unspecified atom stereocenters. The fourth-order valence-electron chi connectivity index (χ4n) is 3.49. The number of rotatable bonds is 4. The number of morpholine rings is 1. The van der Waals surface area contributed by atoms with Crippen LogP contribution in [0.25, 0.3) is 0 Å². The van der Waals surface area contributed by atoms with Gasteiger partial charge in [-0.15, -0.1) is 0 Å². The number of carbonyl (C=O) groups excluding carboxylic acids is 4. The monoisotopic (exact) mass is 418 g/mol. The summed E-state index contributed by atoms with van der Waals surface area (Å²) in [6, 6.07) is 5.31. The molecular formula is C21H26N2O7. The summed E-state index contributed by atoms with van der Waals surface area (Å²) in [6.45, 7) is 6.59. The Morgan fingerprint density at radius 2 is 1.97 bits per heavy atom. The Kier molecular flexibility index (Phi) is 6.12. The number of fused-ring (bicyclic) bond motifs is 1. The first-order valence-corrected chi connectivity index (χ1v) is 9.81. The number of nitrogens with zero attached hydrogens (tertiary/aromatic N) is 1. The zero-order chi connectivity index (χ0) is 22.1. The van der Waals surface area contributed by atoms with Gasteiger partial charge in [-0.05, 0) is 44.9 Å². The minimum absolute atomic E-state index is 0.0781. The zero-order valence-corrected chi connectivity index (χ0v) is 17.5. The van der Waals surface area contributed by atoms with E-state index in [1.165, 1.54) is 4.90 Å². The predicted molar refractivity (Wildman–Crippen MR) is 107 cm³/mol. The lowest BCUT2D eigenvalue weighted by atomic mass is 9.99. The average Bonchev–Trinajstić information content (AvgIpc) is 2.64. The van der Waals surface area contributed by atoms with Gasteiger partial charge in [0, 0.05) is 31.3 Å². The minimum atomic E-state index is -1.52. The maximum Gasteiger partial charge on any atom is 0.351 e. The highest BCUT2D eigenvalue weighted by Crippen LogP contribution is 2.33. The van der Waals surface area contributed by atoms with Gasteiger partial charge in [0.1, 0.15) is 5.60 Å². The van der Waals surface area contributed by atoms with E-state index in [1.54, 1.807) is 39.0 Å². The molecule has 1 fully saturated rings. The first-order chi connectivity index (χ1) is 14.1. The van der Waals surface area contributed by atoms with E-state index in [1.807, 2.05) is 0 Å². The molecule has 0 bridgehead atoms. The van der Waals surface area contributed by atoms with Gasteiger partial charge in [-0.2, -0.15) is 0 Å². The molecule has 0 aromatic heterocycles. The molecule has 9 heteroatoms. The fraction of sp³-hybridized carbons (Fsp3) is 0.524. The number of benzene rings is 1. The quantitative estimate of drug-likeness (QED) is 0.739. The van der Waals surface area contributed by atoms with Crippen molar-refractivity contribution in [1.29, 1.82) is 0 Å². The van der Waals surface area contributed by atoms with Crippen molar-refractivity contribution in [3.05, 3.63) is 23.8 Å². The van der Waals surface area contributed by atoms with E-state index in [-0.39, 0.29) is 19.1 Å². The first-order valence-electron chi connectivity index (χ1n) is 9.81. The standard InChI is InChI=1S/C21H26N2O7/c1-12(24)29-18(20(27)30-21(2,3)4)17-19(26)23(10-11-28-17)15-7-5-6-14-13(15)8-9-16(25)22-14/h5-7,17-18H,8-11H2,1-4H3,(H,22,25)/t17?,18-/m1/s1. The van der Waals surface area contributed by atoms with Crippen LogP contribution in [0.15, 0.2) is 18.2 Å². The van der Waals surface area contributed by atoms with Crippen LogP contribution in [0.3, 0.4) is 0 Å². The summed E-state index contributed by atoms with van der Waals surface area (Å²) in [7, 11) is 0. The number of amides is 2. The lowest BCUT2D eigenvalue weighted by Gasteiger charge is -2.37. The van der Waals surface area contributed by atoms with Gasteiger partial charge in [0.05, 0.1) is 6.61 Å². The molecule has 1 aromatic rings. The Labute approximate surface area is 174 Å². The highest BCUT2D eigenvalue weighted by molar-refractivity contribution is 6.03. The molecule has 1 saturated heterocycles. The smallest absolute Gasteiger partial charge is 0.351 e. The summed E-state index contributed by atoms with van der Waals surface area (Å²) in [4.78, 5) is 50.7. The molecule has 2 amide bonds. The zero-order valence-electron chi connectivity index (χ0n) is 17.5. The van der Waals surface area contributed by atoms with Crippen LogP contribution in [0.5, 0.6) is 0 Å². The van der Waals surface area contributed by atoms with Crippen LogP contribution in [0.2, 0.25) is 0 Å². The third kappa shape index (κ3) is 4.79. The topological polar surface area (TPSA) is 111 Å². The van der Waals surface area contributed by atoms with E-state index < -0.39 is 35.7 Å². The van der Waals surface area contributed by atoms with Crippen molar-refractivity contribution < 1.29 is 33.4 Å². The van der Waals surface area contributed by atoms with E-state index in [4.69, 9.17) is 14.2 Å². The maximum absolute atomic E-state index is 13.3. The summed E-state index contributed by atoms with van der Waals surface area (Å²) in [5.74, 6) is -2.16. The van der Waals surface area contributed by atoms with Crippen molar-refractivity contribution in [2.75, 3.05) is 23.4 Å². The second-order valence-electron chi connectivity index (χ2n) is 8.20. The van der Waals surface area contributed by atoms with Crippen molar-refractivity contribution in [1.82, 2.24) is 0 Å². The van der Waals surface area contributed by atoms with Crippen molar-refractivity contribution in [2.45, 2.75) is 58.3 Å². The molecule has 2 aliphatic rings. The van der Waals surface area contributed by atoms with Gasteiger partial charge in [0.2, 0.25) is 12.0 Å². The second-order valence-corrected chi connectivity index (χ2v) is 8.20. The fourth-order valence-corrected chi connectivity index (χ4v) is 3.49. The van der Waals surface area contributed by atoms with Crippen LogP contribution in [0.4, 0.5) is 11.4 Å². The molecule has 9 nitrogen and oxygen atoms in total. The van der Waals surface area contributed by atoms with Gasteiger partial charge in [-0.25, -0.2) is 4.79 Å². The predicted octanol–water partition coefficient (Wildman–Crippen LogP) is 1.58. The molecule has 2 atom stereocenters. The average molecular weight is 418 g/mol. The highest BCUT2D eigenvalue weighted by Gasteiger charge is 2.45. The maximum atomic E-state index is 13.3. The molecule has 1 aromatic carbocycles. The number of nitrogens with one attached hydrogen (secondary N) is 1. The second kappa shape index (κ2) is 8.43. The van der Waals surface area contributed by atoms with Gasteiger partial charge >= 0.3 is 11.9 Å². The molecule has 0 saturated carbocycles. The van der Waals surface area contributed by atoms with Crippen LogP contribution in [-0.4, -0.2) is 54.7 Å². The highest BCUT2D eigenvalue weighted by atomic mass is 16.6.